The van der Waals surface area contributed by atoms with E-state index in [1.165, 1.54) is 27.5 Å². The highest BCUT2D eigenvalue weighted by atomic mass is 35.5. The van der Waals surface area contributed by atoms with E-state index in [0.29, 0.717) is 27.6 Å². The summed E-state index contributed by atoms with van der Waals surface area (Å²) in [6, 6.07) is 5.80. The fraction of sp³-hybridized carbons (Fsp3) is 0.143. The molecule has 0 aliphatic carbocycles. The van der Waals surface area contributed by atoms with E-state index in [-0.39, 0.29) is 19.0 Å². The van der Waals surface area contributed by atoms with Gasteiger partial charge in [0.1, 0.15) is 5.65 Å². The maximum Gasteiger partial charge on any atom is 0.417 e. The smallest absolute Gasteiger partial charge is 0.346 e. The lowest BCUT2D eigenvalue weighted by atomic mass is 10.3. The number of carbonyl (C=O) groups excluding carboxylic acids is 1. The Kier molecular flexibility index (Phi) is 5.05. The summed E-state index contributed by atoms with van der Waals surface area (Å²) in [5.41, 5.74) is 1.92. The van der Waals surface area contributed by atoms with E-state index in [1.807, 2.05) is 0 Å². The standard InChI is InChI=1S/C21H15ClF3N7O/c22-15-3-4-30-12-27-17(18(30)5-15)7-26-20(33)13-6-28-32(8-13)11-16-10-31-9-14(21(23,24)25)1-2-19(31)29-16/h1-6,8-10,12H,7,11H2,(H,26,33). The maximum absolute atomic E-state index is 12.9. The van der Waals surface area contributed by atoms with Gasteiger partial charge in [-0.2, -0.15) is 18.3 Å². The number of hydrogen-bond acceptors (Lipinski definition) is 4. The van der Waals surface area contributed by atoms with Crippen LogP contribution in [0.4, 0.5) is 13.2 Å². The van der Waals surface area contributed by atoms with Crippen LogP contribution in [-0.2, 0) is 19.3 Å². The SMILES string of the molecule is O=C(NCc1ncn2ccc(Cl)cc12)c1cnn(Cc2cn3cc(C(F)(F)F)ccc3n2)c1. The highest BCUT2D eigenvalue weighted by molar-refractivity contribution is 6.30. The Balaban J connectivity index is 1.27. The van der Waals surface area contributed by atoms with Gasteiger partial charge in [0.05, 0.1) is 53.6 Å². The first-order valence-electron chi connectivity index (χ1n) is 9.73. The van der Waals surface area contributed by atoms with E-state index >= 15 is 0 Å². The van der Waals surface area contributed by atoms with Crippen LogP contribution in [0.3, 0.4) is 0 Å². The summed E-state index contributed by atoms with van der Waals surface area (Å²) < 4.78 is 43.3. The fourth-order valence-corrected chi connectivity index (χ4v) is 3.60. The molecule has 0 saturated heterocycles. The maximum atomic E-state index is 12.9. The van der Waals surface area contributed by atoms with Gasteiger partial charge in [-0.1, -0.05) is 11.6 Å². The third kappa shape index (κ3) is 4.27. The van der Waals surface area contributed by atoms with Crippen molar-refractivity contribution in [1.29, 1.82) is 0 Å². The van der Waals surface area contributed by atoms with Gasteiger partial charge in [-0.15, -0.1) is 0 Å². The molecule has 0 aromatic carbocycles. The number of nitrogens with zero attached hydrogens (tertiary/aromatic N) is 6. The van der Waals surface area contributed by atoms with Crippen LogP contribution in [0.25, 0.3) is 11.2 Å². The molecule has 0 bridgehead atoms. The summed E-state index contributed by atoms with van der Waals surface area (Å²) in [6.45, 7) is 0.398. The van der Waals surface area contributed by atoms with Crippen LogP contribution < -0.4 is 5.32 Å². The van der Waals surface area contributed by atoms with Crippen LogP contribution in [-0.4, -0.2) is 34.5 Å². The molecular weight excluding hydrogens is 459 g/mol. The lowest BCUT2D eigenvalue weighted by molar-refractivity contribution is -0.137. The molecule has 0 fully saturated rings. The number of imidazole rings is 2. The Morgan fingerprint density at radius 3 is 2.79 bits per heavy atom. The van der Waals surface area contributed by atoms with Crippen LogP contribution in [0, 0.1) is 0 Å². The molecule has 8 nitrogen and oxygen atoms in total. The number of alkyl halides is 3. The predicted molar refractivity (Wildman–Crippen MR) is 113 cm³/mol. The summed E-state index contributed by atoms with van der Waals surface area (Å²) in [5.74, 6) is -0.339. The second-order valence-electron chi connectivity index (χ2n) is 7.35. The van der Waals surface area contributed by atoms with Gasteiger partial charge in [0.25, 0.3) is 5.91 Å². The molecule has 168 valence electrons. The van der Waals surface area contributed by atoms with Gasteiger partial charge in [0.2, 0.25) is 0 Å². The fourth-order valence-electron chi connectivity index (χ4n) is 3.44. The Morgan fingerprint density at radius 2 is 1.97 bits per heavy atom. The molecule has 12 heteroatoms. The zero-order valence-electron chi connectivity index (χ0n) is 16.8. The molecule has 5 rings (SSSR count). The highest BCUT2D eigenvalue weighted by Gasteiger charge is 2.30. The van der Waals surface area contributed by atoms with E-state index in [1.54, 1.807) is 35.3 Å². The number of rotatable bonds is 5. The van der Waals surface area contributed by atoms with Gasteiger partial charge in [0, 0.05) is 29.8 Å². The monoisotopic (exact) mass is 473 g/mol. The zero-order valence-corrected chi connectivity index (χ0v) is 17.5. The first-order valence-corrected chi connectivity index (χ1v) is 10.1. The third-order valence-corrected chi connectivity index (χ3v) is 5.28. The number of amides is 1. The normalized spacial score (nSPS) is 12.0. The lowest BCUT2D eigenvalue weighted by Crippen LogP contribution is -2.22. The van der Waals surface area contributed by atoms with Crippen LogP contribution in [0.5, 0.6) is 0 Å². The summed E-state index contributed by atoms with van der Waals surface area (Å²) in [6.07, 6.45) is 4.43. The van der Waals surface area contributed by atoms with Crippen molar-refractivity contribution in [3.05, 3.63) is 89.1 Å². The average Bonchev–Trinajstić information content (AvgIpc) is 3.49. The van der Waals surface area contributed by atoms with Gasteiger partial charge in [-0.3, -0.25) is 9.48 Å². The van der Waals surface area contributed by atoms with E-state index in [0.717, 1.165) is 17.8 Å². The van der Waals surface area contributed by atoms with E-state index < -0.39 is 11.7 Å². The van der Waals surface area contributed by atoms with Crippen molar-refractivity contribution in [1.82, 2.24) is 33.9 Å². The molecule has 5 aromatic rings. The second kappa shape index (κ2) is 7.93. The Labute approximate surface area is 189 Å². The second-order valence-corrected chi connectivity index (χ2v) is 7.79. The van der Waals surface area contributed by atoms with Crippen molar-refractivity contribution in [2.75, 3.05) is 0 Å². The molecule has 1 N–H and O–H groups in total. The molecule has 0 radical (unpaired) electrons. The summed E-state index contributed by atoms with van der Waals surface area (Å²) >= 11 is 6.03. The van der Waals surface area contributed by atoms with Crippen molar-refractivity contribution in [2.24, 2.45) is 0 Å². The Bertz CT molecular complexity index is 1480. The number of hydrogen-bond donors (Lipinski definition) is 1. The molecule has 5 aromatic heterocycles. The first kappa shape index (κ1) is 21.0. The van der Waals surface area contributed by atoms with Crippen molar-refractivity contribution < 1.29 is 18.0 Å². The third-order valence-electron chi connectivity index (χ3n) is 5.04. The van der Waals surface area contributed by atoms with Crippen molar-refractivity contribution in [3.8, 4) is 0 Å². The number of carbonyl (C=O) groups is 1. The molecule has 0 saturated carbocycles. The van der Waals surface area contributed by atoms with Gasteiger partial charge >= 0.3 is 6.18 Å². The minimum absolute atomic E-state index is 0.195. The summed E-state index contributed by atoms with van der Waals surface area (Å²) in [4.78, 5) is 21.1. The minimum atomic E-state index is -4.43. The molecule has 0 unspecified atom stereocenters. The largest absolute Gasteiger partial charge is 0.417 e. The molecule has 0 aliphatic heterocycles. The van der Waals surface area contributed by atoms with Gasteiger partial charge in [-0.05, 0) is 24.3 Å². The number of aromatic nitrogens is 6. The van der Waals surface area contributed by atoms with Crippen LogP contribution in [0.2, 0.25) is 5.02 Å². The predicted octanol–water partition coefficient (Wildman–Crippen LogP) is 3.83. The average molecular weight is 474 g/mol. The molecular formula is C21H15ClF3N7O. The van der Waals surface area contributed by atoms with Gasteiger partial charge < -0.3 is 14.1 Å². The number of halogens is 4. The topological polar surface area (TPSA) is 81.5 Å². The van der Waals surface area contributed by atoms with Gasteiger partial charge in [-0.25, -0.2) is 9.97 Å². The quantitative estimate of drug-likeness (QED) is 0.420. The molecule has 0 spiro atoms. The summed E-state index contributed by atoms with van der Waals surface area (Å²) in [5, 5.41) is 7.52. The summed E-state index contributed by atoms with van der Waals surface area (Å²) in [7, 11) is 0. The van der Waals surface area contributed by atoms with Crippen molar-refractivity contribution in [3.63, 3.8) is 0 Å². The van der Waals surface area contributed by atoms with Gasteiger partial charge in [0.15, 0.2) is 0 Å². The van der Waals surface area contributed by atoms with Crippen molar-refractivity contribution >= 4 is 28.7 Å². The number of fused-ring (bicyclic) bond motifs is 2. The molecule has 33 heavy (non-hydrogen) atoms. The van der Waals surface area contributed by atoms with E-state index in [4.69, 9.17) is 11.6 Å². The van der Waals surface area contributed by atoms with E-state index in [9.17, 15) is 18.0 Å². The first-order chi connectivity index (χ1) is 15.8. The molecule has 1 amide bonds. The zero-order chi connectivity index (χ0) is 23.2. The van der Waals surface area contributed by atoms with Crippen LogP contribution in [0.1, 0.15) is 27.3 Å². The molecule has 0 atom stereocenters. The Morgan fingerprint density at radius 1 is 1.12 bits per heavy atom. The van der Waals surface area contributed by atoms with Crippen LogP contribution in [0.15, 0.2) is 61.6 Å². The molecule has 0 aliphatic rings. The highest BCUT2D eigenvalue weighted by Crippen LogP contribution is 2.29. The van der Waals surface area contributed by atoms with Crippen molar-refractivity contribution in [2.45, 2.75) is 19.3 Å². The molecule has 5 heterocycles. The lowest BCUT2D eigenvalue weighted by Gasteiger charge is -2.05. The number of nitrogens with one attached hydrogen (secondary N) is 1. The Hall–Kier alpha value is -3.86. The minimum Gasteiger partial charge on any atom is -0.346 e. The van der Waals surface area contributed by atoms with Crippen LogP contribution >= 0.6 is 11.6 Å². The van der Waals surface area contributed by atoms with E-state index in [2.05, 4.69) is 20.4 Å². The number of pyridine rings is 2.